The fraction of sp³-hybridized carbons (Fsp3) is 0.667. The quantitative estimate of drug-likeness (QED) is 0.246. The molecule has 27 heavy (non-hydrogen) atoms. The first-order valence-corrected chi connectivity index (χ1v) is 9.48. The SMILES string of the molecule is CCCCOc1cc([N+](=O)[O-])c(OCCCC)cc1/N=N/N1CCOCC1. The molecule has 0 bridgehead atoms. The summed E-state index contributed by atoms with van der Waals surface area (Å²) in [7, 11) is 0. The minimum Gasteiger partial charge on any atom is -0.491 e. The standard InChI is InChI=1S/C18H28N4O5/c1-3-5-9-26-17-14-16(22(23)24)18(27-10-6-4-2)13-15(17)19-20-21-7-11-25-12-8-21/h13-14H,3-12H2,1-2H3/b20-19+. The van der Waals surface area contributed by atoms with Gasteiger partial charge in [0, 0.05) is 6.07 Å². The Balaban J connectivity index is 2.28. The fourth-order valence-corrected chi connectivity index (χ4v) is 2.40. The number of nitrogens with zero attached hydrogens (tertiary/aromatic N) is 4. The molecule has 0 unspecified atom stereocenters. The number of nitro groups is 1. The first-order chi connectivity index (χ1) is 13.2. The van der Waals surface area contributed by atoms with Gasteiger partial charge in [0.05, 0.1) is 50.5 Å². The smallest absolute Gasteiger partial charge is 0.314 e. The van der Waals surface area contributed by atoms with Gasteiger partial charge in [0.25, 0.3) is 0 Å². The third kappa shape index (κ3) is 6.67. The van der Waals surface area contributed by atoms with Gasteiger partial charge in [-0.1, -0.05) is 31.9 Å². The van der Waals surface area contributed by atoms with Gasteiger partial charge >= 0.3 is 5.69 Å². The molecule has 1 heterocycles. The van der Waals surface area contributed by atoms with Crippen molar-refractivity contribution < 1.29 is 19.1 Å². The van der Waals surface area contributed by atoms with E-state index in [1.807, 2.05) is 6.92 Å². The summed E-state index contributed by atoms with van der Waals surface area (Å²) in [4.78, 5) is 11.0. The summed E-state index contributed by atoms with van der Waals surface area (Å²) < 4.78 is 16.6. The molecule has 1 aliphatic rings. The van der Waals surface area contributed by atoms with Crippen LogP contribution in [0.15, 0.2) is 22.5 Å². The molecule has 2 rings (SSSR count). The highest BCUT2D eigenvalue weighted by Crippen LogP contribution is 2.40. The summed E-state index contributed by atoms with van der Waals surface area (Å²) in [6.45, 7) is 7.47. The lowest BCUT2D eigenvalue weighted by Crippen LogP contribution is -2.31. The molecule has 1 aliphatic heterocycles. The summed E-state index contributed by atoms with van der Waals surface area (Å²) in [6.07, 6.45) is 3.57. The summed E-state index contributed by atoms with van der Waals surface area (Å²) in [5.41, 5.74) is 0.303. The predicted molar refractivity (Wildman–Crippen MR) is 101 cm³/mol. The minimum absolute atomic E-state index is 0.122. The molecule has 0 aliphatic carbocycles. The maximum Gasteiger partial charge on any atom is 0.314 e. The Bertz CT molecular complexity index is 632. The molecule has 1 fully saturated rings. The average molecular weight is 380 g/mol. The van der Waals surface area contributed by atoms with Crippen molar-refractivity contribution in [2.75, 3.05) is 39.5 Å². The number of rotatable bonds is 11. The number of benzene rings is 1. The van der Waals surface area contributed by atoms with E-state index < -0.39 is 4.92 Å². The lowest BCUT2D eigenvalue weighted by atomic mass is 10.2. The van der Waals surface area contributed by atoms with Gasteiger partial charge in [-0.3, -0.25) is 15.1 Å². The van der Waals surface area contributed by atoms with E-state index in [1.54, 1.807) is 11.1 Å². The van der Waals surface area contributed by atoms with Gasteiger partial charge in [-0.05, 0) is 12.8 Å². The molecule has 1 aromatic rings. The van der Waals surface area contributed by atoms with Gasteiger partial charge in [-0.25, -0.2) is 0 Å². The summed E-state index contributed by atoms with van der Waals surface area (Å²) in [5, 5.41) is 21.7. The molecule has 150 valence electrons. The van der Waals surface area contributed by atoms with Crippen LogP contribution in [0.25, 0.3) is 0 Å². The van der Waals surface area contributed by atoms with Gasteiger partial charge in [0.2, 0.25) is 0 Å². The van der Waals surface area contributed by atoms with E-state index in [-0.39, 0.29) is 11.4 Å². The Hall–Kier alpha value is -2.42. The van der Waals surface area contributed by atoms with Crippen LogP contribution in [0, 0.1) is 10.1 Å². The second-order valence-electron chi connectivity index (χ2n) is 6.20. The van der Waals surface area contributed by atoms with Gasteiger partial charge in [-0.15, -0.1) is 5.11 Å². The van der Waals surface area contributed by atoms with E-state index >= 15 is 0 Å². The molecule has 9 heteroatoms. The van der Waals surface area contributed by atoms with Crippen LogP contribution in [0.3, 0.4) is 0 Å². The van der Waals surface area contributed by atoms with Gasteiger partial charge in [-0.2, -0.15) is 0 Å². The molecule has 0 aromatic heterocycles. The Kier molecular flexibility index (Phi) is 8.76. The molecule has 0 radical (unpaired) electrons. The van der Waals surface area contributed by atoms with Crippen molar-refractivity contribution in [2.45, 2.75) is 39.5 Å². The molecule has 9 nitrogen and oxygen atoms in total. The Morgan fingerprint density at radius 1 is 1.11 bits per heavy atom. The molecule has 1 aromatic carbocycles. The summed E-state index contributed by atoms with van der Waals surface area (Å²) in [5.74, 6) is 0.530. The second-order valence-corrected chi connectivity index (χ2v) is 6.20. The van der Waals surface area contributed by atoms with Crippen LogP contribution in [0.1, 0.15) is 39.5 Å². The highest BCUT2D eigenvalue weighted by molar-refractivity contribution is 5.64. The van der Waals surface area contributed by atoms with E-state index in [9.17, 15) is 10.1 Å². The molecule has 0 atom stereocenters. The molecular formula is C18H28N4O5. The predicted octanol–water partition coefficient (Wildman–Crippen LogP) is 4.28. The lowest BCUT2D eigenvalue weighted by Gasteiger charge is -2.22. The van der Waals surface area contributed by atoms with Gasteiger partial charge in [0.1, 0.15) is 5.69 Å². The Morgan fingerprint density at radius 3 is 2.33 bits per heavy atom. The minimum atomic E-state index is -0.461. The number of ether oxygens (including phenoxy) is 3. The zero-order valence-electron chi connectivity index (χ0n) is 16.1. The number of hydrogen-bond acceptors (Lipinski definition) is 7. The molecular weight excluding hydrogens is 352 g/mol. The number of unbranched alkanes of at least 4 members (excludes halogenated alkanes) is 2. The van der Waals surface area contributed by atoms with Crippen LogP contribution in [-0.4, -0.2) is 49.4 Å². The van der Waals surface area contributed by atoms with Crippen LogP contribution in [0.4, 0.5) is 11.4 Å². The maximum absolute atomic E-state index is 11.4. The van der Waals surface area contributed by atoms with E-state index in [0.29, 0.717) is 51.0 Å². The Morgan fingerprint density at radius 2 is 1.74 bits per heavy atom. The lowest BCUT2D eigenvalue weighted by molar-refractivity contribution is -0.385. The molecule has 0 saturated carbocycles. The van der Waals surface area contributed by atoms with Crippen molar-refractivity contribution in [2.24, 2.45) is 10.3 Å². The third-order valence-electron chi connectivity index (χ3n) is 4.01. The van der Waals surface area contributed by atoms with E-state index in [1.165, 1.54) is 6.07 Å². The highest BCUT2D eigenvalue weighted by Gasteiger charge is 2.21. The van der Waals surface area contributed by atoms with E-state index in [2.05, 4.69) is 17.3 Å². The topological polar surface area (TPSA) is 98.8 Å². The number of hydrogen-bond donors (Lipinski definition) is 0. The Labute approximate surface area is 159 Å². The zero-order chi connectivity index (χ0) is 19.5. The normalized spacial score (nSPS) is 14.5. The van der Waals surface area contributed by atoms with Gasteiger partial charge in [0.15, 0.2) is 11.5 Å². The van der Waals surface area contributed by atoms with Crippen molar-refractivity contribution >= 4 is 11.4 Å². The molecule has 0 N–H and O–H groups in total. The van der Waals surface area contributed by atoms with E-state index in [4.69, 9.17) is 14.2 Å². The molecule has 1 saturated heterocycles. The van der Waals surface area contributed by atoms with E-state index in [0.717, 1.165) is 25.7 Å². The van der Waals surface area contributed by atoms with Crippen LogP contribution in [-0.2, 0) is 4.74 Å². The van der Waals surface area contributed by atoms with Crippen LogP contribution in [0.2, 0.25) is 0 Å². The van der Waals surface area contributed by atoms with Crippen LogP contribution < -0.4 is 9.47 Å². The van der Waals surface area contributed by atoms with Crippen LogP contribution >= 0.6 is 0 Å². The third-order valence-corrected chi connectivity index (χ3v) is 4.01. The zero-order valence-corrected chi connectivity index (χ0v) is 16.1. The fourth-order valence-electron chi connectivity index (χ4n) is 2.40. The highest BCUT2D eigenvalue weighted by atomic mass is 16.6. The van der Waals surface area contributed by atoms with Crippen molar-refractivity contribution in [1.82, 2.24) is 5.01 Å². The first kappa shape index (κ1) is 20.9. The van der Waals surface area contributed by atoms with Crippen molar-refractivity contribution in [3.8, 4) is 11.5 Å². The average Bonchev–Trinajstić information content (AvgIpc) is 2.68. The molecule has 0 amide bonds. The summed E-state index contributed by atoms with van der Waals surface area (Å²) in [6, 6.07) is 2.92. The summed E-state index contributed by atoms with van der Waals surface area (Å²) >= 11 is 0. The van der Waals surface area contributed by atoms with Crippen LogP contribution in [0.5, 0.6) is 11.5 Å². The van der Waals surface area contributed by atoms with Crippen molar-refractivity contribution in [1.29, 1.82) is 0 Å². The number of nitro benzene ring substituents is 1. The maximum atomic E-state index is 11.4. The van der Waals surface area contributed by atoms with Crippen molar-refractivity contribution in [3.05, 3.63) is 22.2 Å². The monoisotopic (exact) mass is 380 g/mol. The largest absolute Gasteiger partial charge is 0.491 e. The van der Waals surface area contributed by atoms with Gasteiger partial charge < -0.3 is 14.2 Å². The van der Waals surface area contributed by atoms with Crippen molar-refractivity contribution in [3.63, 3.8) is 0 Å². The number of morpholine rings is 1. The second kappa shape index (κ2) is 11.3. The first-order valence-electron chi connectivity index (χ1n) is 9.48. The molecule has 0 spiro atoms.